The van der Waals surface area contributed by atoms with E-state index in [1.54, 1.807) is 54.4 Å². The van der Waals surface area contributed by atoms with E-state index in [2.05, 4.69) is 4.98 Å². The molecule has 8 heteroatoms. The van der Waals surface area contributed by atoms with E-state index in [0.717, 1.165) is 10.9 Å². The lowest BCUT2D eigenvalue weighted by molar-refractivity contribution is 0.435. The number of hydrogen-bond donors (Lipinski definition) is 0. The Morgan fingerprint density at radius 2 is 1.92 bits per heavy atom. The number of sulfonamides is 1. The molecule has 0 radical (unpaired) electrons. The zero-order valence-corrected chi connectivity index (χ0v) is 16.6. The van der Waals surface area contributed by atoms with Crippen molar-refractivity contribution in [1.29, 1.82) is 0 Å². The molecule has 0 bridgehead atoms. The van der Waals surface area contributed by atoms with Crippen LogP contribution >= 0.6 is 35.0 Å². The van der Waals surface area contributed by atoms with Crippen molar-refractivity contribution >= 4 is 55.9 Å². The number of halogens is 2. The summed E-state index contributed by atoms with van der Waals surface area (Å²) in [5.41, 5.74) is 1.23. The molecule has 4 rings (SSSR count). The number of fused-ring (bicyclic) bond motifs is 1. The summed E-state index contributed by atoms with van der Waals surface area (Å²) in [6, 6.07) is 14.0. The highest BCUT2D eigenvalue weighted by atomic mass is 35.5. The maximum Gasteiger partial charge on any atom is 0.246 e. The van der Waals surface area contributed by atoms with Crippen LogP contribution in [0, 0.1) is 0 Å². The number of pyridine rings is 1. The fourth-order valence-electron chi connectivity index (χ4n) is 3.06. The largest absolute Gasteiger partial charge is 0.255 e. The number of thioether (sulfide) groups is 1. The van der Waals surface area contributed by atoms with Crippen LogP contribution in [0.4, 0.5) is 0 Å². The van der Waals surface area contributed by atoms with Gasteiger partial charge in [0.2, 0.25) is 10.0 Å². The van der Waals surface area contributed by atoms with Crippen LogP contribution in [-0.4, -0.2) is 30.0 Å². The third-order valence-electron chi connectivity index (χ3n) is 4.26. The van der Waals surface area contributed by atoms with Crippen LogP contribution in [-0.2, 0) is 10.0 Å². The predicted octanol–water partition coefficient (Wildman–Crippen LogP) is 4.98. The van der Waals surface area contributed by atoms with Crippen LogP contribution in [0.2, 0.25) is 10.0 Å². The van der Waals surface area contributed by atoms with E-state index in [9.17, 15) is 8.42 Å². The summed E-state index contributed by atoms with van der Waals surface area (Å²) in [5.74, 6) is 0.695. The summed E-state index contributed by atoms with van der Waals surface area (Å²) in [6.45, 7) is 0.417. The Bertz CT molecular complexity index is 1080. The first-order valence-electron chi connectivity index (χ1n) is 7.90. The summed E-state index contributed by atoms with van der Waals surface area (Å²) in [6.07, 6.45) is 1.60. The predicted molar refractivity (Wildman–Crippen MR) is 107 cm³/mol. The van der Waals surface area contributed by atoms with Crippen LogP contribution in [0.3, 0.4) is 0 Å². The molecule has 1 aliphatic rings. The molecule has 3 aromatic rings. The van der Waals surface area contributed by atoms with Gasteiger partial charge in [-0.15, -0.1) is 11.8 Å². The third-order valence-corrected chi connectivity index (χ3v) is 8.09. The van der Waals surface area contributed by atoms with E-state index in [-0.39, 0.29) is 10.3 Å². The molecule has 1 aromatic heterocycles. The van der Waals surface area contributed by atoms with Crippen molar-refractivity contribution in [3.05, 3.63) is 70.3 Å². The smallest absolute Gasteiger partial charge is 0.246 e. The summed E-state index contributed by atoms with van der Waals surface area (Å²) >= 11 is 13.9. The highest BCUT2D eigenvalue weighted by molar-refractivity contribution is 8.01. The van der Waals surface area contributed by atoms with E-state index < -0.39 is 10.0 Å². The average Bonchev–Trinajstić information content (AvgIpc) is 3.11. The molecule has 0 spiro atoms. The first-order valence-corrected chi connectivity index (χ1v) is 11.1. The van der Waals surface area contributed by atoms with Crippen molar-refractivity contribution in [3.63, 3.8) is 0 Å². The van der Waals surface area contributed by atoms with E-state index in [1.807, 2.05) is 12.1 Å². The Balaban J connectivity index is 1.82. The Morgan fingerprint density at radius 1 is 1.12 bits per heavy atom. The lowest BCUT2D eigenvalue weighted by atomic mass is 10.2. The number of benzene rings is 2. The van der Waals surface area contributed by atoms with E-state index in [1.165, 1.54) is 4.31 Å². The topological polar surface area (TPSA) is 50.3 Å². The first-order chi connectivity index (χ1) is 12.5. The highest BCUT2D eigenvalue weighted by Crippen LogP contribution is 2.44. The Labute approximate surface area is 166 Å². The summed E-state index contributed by atoms with van der Waals surface area (Å²) in [5, 5.41) is 1.40. The van der Waals surface area contributed by atoms with Crippen molar-refractivity contribution in [2.75, 3.05) is 12.3 Å². The summed E-state index contributed by atoms with van der Waals surface area (Å²) in [4.78, 5) is 4.51. The van der Waals surface area contributed by atoms with Crippen molar-refractivity contribution in [1.82, 2.24) is 9.29 Å². The molecule has 1 fully saturated rings. The SMILES string of the molecule is O=S(=O)(c1cccc2cccnc12)N1CCSC1c1ccc(Cl)cc1Cl. The van der Waals surface area contributed by atoms with Crippen LogP contribution in [0.15, 0.2) is 59.6 Å². The molecule has 2 aromatic carbocycles. The minimum absolute atomic E-state index is 0.216. The van der Waals surface area contributed by atoms with Gasteiger partial charge in [0.1, 0.15) is 4.90 Å². The van der Waals surface area contributed by atoms with Crippen LogP contribution in [0.1, 0.15) is 10.9 Å². The normalized spacial score (nSPS) is 18.5. The van der Waals surface area contributed by atoms with Gasteiger partial charge in [0.15, 0.2) is 0 Å². The summed E-state index contributed by atoms with van der Waals surface area (Å²) < 4.78 is 28.3. The van der Waals surface area contributed by atoms with E-state index in [4.69, 9.17) is 23.2 Å². The van der Waals surface area contributed by atoms with Gasteiger partial charge in [-0.25, -0.2) is 8.42 Å². The molecular formula is C18H14Cl2N2O2S2. The number of rotatable bonds is 3. The van der Waals surface area contributed by atoms with Gasteiger partial charge in [0.25, 0.3) is 0 Å². The van der Waals surface area contributed by atoms with Gasteiger partial charge in [-0.1, -0.05) is 47.5 Å². The van der Waals surface area contributed by atoms with Crippen LogP contribution < -0.4 is 0 Å². The molecule has 1 unspecified atom stereocenters. The van der Waals surface area contributed by atoms with E-state index >= 15 is 0 Å². The van der Waals surface area contributed by atoms with Gasteiger partial charge >= 0.3 is 0 Å². The van der Waals surface area contributed by atoms with Crippen LogP contribution in [0.25, 0.3) is 10.9 Å². The molecule has 0 N–H and O–H groups in total. The molecule has 4 nitrogen and oxygen atoms in total. The second-order valence-electron chi connectivity index (χ2n) is 5.84. The molecule has 1 atom stereocenters. The minimum atomic E-state index is -3.73. The van der Waals surface area contributed by atoms with Crippen molar-refractivity contribution in [2.24, 2.45) is 0 Å². The molecule has 0 aliphatic carbocycles. The van der Waals surface area contributed by atoms with Gasteiger partial charge in [0.05, 0.1) is 10.9 Å². The third kappa shape index (κ3) is 3.10. The zero-order valence-electron chi connectivity index (χ0n) is 13.5. The fraction of sp³-hybridized carbons (Fsp3) is 0.167. The lowest BCUT2D eigenvalue weighted by Crippen LogP contribution is -2.31. The Kier molecular flexibility index (Phi) is 4.88. The van der Waals surface area contributed by atoms with Gasteiger partial charge in [-0.05, 0) is 29.8 Å². The molecule has 26 heavy (non-hydrogen) atoms. The Morgan fingerprint density at radius 3 is 2.73 bits per heavy atom. The van der Waals surface area contributed by atoms with Crippen LogP contribution in [0.5, 0.6) is 0 Å². The standard InChI is InChI=1S/C18H14Cl2N2O2S2/c19-13-6-7-14(15(20)11-13)18-22(9-10-25-18)26(23,24)16-5-1-3-12-4-2-8-21-17(12)16/h1-8,11,18H,9-10H2. The number of para-hydroxylation sites is 1. The number of nitrogens with zero attached hydrogens (tertiary/aromatic N) is 2. The minimum Gasteiger partial charge on any atom is -0.255 e. The molecular weight excluding hydrogens is 411 g/mol. The molecule has 1 aliphatic heterocycles. The molecule has 1 saturated heterocycles. The molecule has 134 valence electrons. The fourth-order valence-corrected chi connectivity index (χ4v) is 7.07. The molecule has 0 amide bonds. The quantitative estimate of drug-likeness (QED) is 0.594. The van der Waals surface area contributed by atoms with Crippen molar-refractivity contribution in [2.45, 2.75) is 10.3 Å². The highest BCUT2D eigenvalue weighted by Gasteiger charge is 2.38. The maximum absolute atomic E-state index is 13.4. The monoisotopic (exact) mass is 424 g/mol. The average molecular weight is 425 g/mol. The van der Waals surface area contributed by atoms with E-state index in [0.29, 0.717) is 27.9 Å². The second kappa shape index (κ2) is 7.02. The maximum atomic E-state index is 13.4. The van der Waals surface area contributed by atoms with Gasteiger partial charge < -0.3 is 0 Å². The van der Waals surface area contributed by atoms with Crippen molar-refractivity contribution < 1.29 is 8.42 Å². The van der Waals surface area contributed by atoms with Gasteiger partial charge in [-0.2, -0.15) is 4.31 Å². The van der Waals surface area contributed by atoms with Gasteiger partial charge in [-0.3, -0.25) is 4.98 Å². The zero-order chi connectivity index (χ0) is 18.3. The summed E-state index contributed by atoms with van der Waals surface area (Å²) in [7, 11) is -3.73. The first kappa shape index (κ1) is 18.1. The second-order valence-corrected chi connectivity index (χ2v) is 9.73. The van der Waals surface area contributed by atoms with Crippen molar-refractivity contribution in [3.8, 4) is 0 Å². The molecule has 0 saturated carbocycles. The van der Waals surface area contributed by atoms with Gasteiger partial charge in [0, 0.05) is 33.9 Å². The molecule has 2 heterocycles. The number of hydrogen-bond acceptors (Lipinski definition) is 4. The lowest BCUT2D eigenvalue weighted by Gasteiger charge is -2.24. The number of aromatic nitrogens is 1. The Hall–Kier alpha value is -1.31.